The summed E-state index contributed by atoms with van der Waals surface area (Å²) >= 11 is 3.98. The fourth-order valence-electron chi connectivity index (χ4n) is 4.37. The average Bonchev–Trinajstić information content (AvgIpc) is 3.55. The lowest BCUT2D eigenvalue weighted by molar-refractivity contribution is -0.633. The number of thiazole rings is 1. The first-order valence-corrected chi connectivity index (χ1v) is 14.7. The molecule has 2 amide bonds. The lowest BCUT2D eigenvalue weighted by atomic mass is 10.0. The summed E-state index contributed by atoms with van der Waals surface area (Å²) < 4.78 is 16.4. The highest BCUT2D eigenvalue weighted by atomic mass is 32.2. The standard InChI is InChI=1S/C23H23FN8O5S3/c24-11-37-29-16(14-10-40-23(26)27-14)19(33)28-17-20(34)32-18(22(35)36)12(9-39-21(17)32)7-30-4-5-31-13(8-30)1-2-15(31)38-6-3-25/h1-2,4-5,8,10,17,21H,3,6-7,9,11,25H2,(H3-,26,27,28,33,35,36)/b29-16-/t17-,21-/m1/s1. The van der Waals surface area contributed by atoms with Crippen LogP contribution in [0.4, 0.5) is 9.52 Å². The van der Waals surface area contributed by atoms with Crippen LogP contribution in [0.3, 0.4) is 0 Å². The summed E-state index contributed by atoms with van der Waals surface area (Å²) in [4.78, 5) is 47.6. The predicted octanol–water partition coefficient (Wildman–Crippen LogP) is -0.956. The van der Waals surface area contributed by atoms with Crippen molar-refractivity contribution in [3.63, 3.8) is 0 Å². The van der Waals surface area contributed by atoms with Crippen LogP contribution in [-0.2, 0) is 25.8 Å². The number of carbonyl (C=O) groups excluding carboxylic acids is 3. The number of amides is 2. The second-order valence-corrected chi connectivity index (χ2v) is 11.7. The van der Waals surface area contributed by atoms with Gasteiger partial charge in [-0.25, -0.2) is 9.37 Å². The average molecular weight is 607 g/mol. The second-order valence-electron chi connectivity index (χ2n) is 8.55. The first-order chi connectivity index (χ1) is 19.3. The van der Waals surface area contributed by atoms with Crippen LogP contribution in [0.5, 0.6) is 0 Å². The van der Waals surface area contributed by atoms with Gasteiger partial charge in [-0.1, -0.05) is 16.9 Å². The zero-order chi connectivity index (χ0) is 28.4. The molecule has 210 valence electrons. The molecular weight excluding hydrogens is 584 g/mol. The Hall–Kier alpha value is -3.67. The number of carbonyl (C=O) groups is 3. The first kappa shape index (κ1) is 27.9. The fourth-order valence-corrected chi connectivity index (χ4v) is 7.05. The quantitative estimate of drug-likeness (QED) is 0.0808. The molecule has 0 saturated carbocycles. The number of aliphatic carboxylic acids is 1. The minimum atomic E-state index is -1.49. The number of aromatic nitrogens is 3. The Morgan fingerprint density at radius 1 is 1.40 bits per heavy atom. The third-order valence-corrected chi connectivity index (χ3v) is 9.15. The molecular formula is C23H23FN8O5S3. The van der Waals surface area contributed by atoms with E-state index >= 15 is 0 Å². The van der Waals surface area contributed by atoms with E-state index in [2.05, 4.69) is 20.3 Å². The molecule has 5 rings (SSSR count). The number of carboxylic acids is 1. The zero-order valence-corrected chi connectivity index (χ0v) is 23.1. The van der Waals surface area contributed by atoms with E-state index in [1.165, 1.54) is 17.1 Å². The summed E-state index contributed by atoms with van der Waals surface area (Å²) in [5.74, 6) is -1.89. The van der Waals surface area contributed by atoms with Gasteiger partial charge in [0.25, 0.3) is 18.7 Å². The Morgan fingerprint density at radius 3 is 2.92 bits per heavy atom. The summed E-state index contributed by atoms with van der Waals surface area (Å²) in [6.07, 6.45) is 5.59. The number of alkyl halides is 1. The molecule has 0 aromatic carbocycles. The molecule has 4 aliphatic rings. The normalized spacial score (nSPS) is 19.0. The maximum absolute atomic E-state index is 13.1. The minimum absolute atomic E-state index is 0.0491. The number of rotatable bonds is 11. The molecule has 1 aromatic heterocycles. The molecule has 5 heterocycles. The highest BCUT2D eigenvalue weighted by Crippen LogP contribution is 2.40. The number of nitrogens with two attached hydrogens (primary N) is 2. The number of β-lactam (4-membered cyclic amide) rings is 1. The van der Waals surface area contributed by atoms with Crippen LogP contribution < -0.4 is 26.5 Å². The Balaban J connectivity index is 1.33. The number of nitrogen functional groups attached to an aromatic ring is 1. The number of nitrogens with zero attached hydrogens (tertiary/aromatic N) is 5. The van der Waals surface area contributed by atoms with Crippen molar-refractivity contribution >= 4 is 63.5 Å². The van der Waals surface area contributed by atoms with Crippen molar-refractivity contribution in [2.45, 2.75) is 23.0 Å². The van der Waals surface area contributed by atoms with Gasteiger partial charge in [-0.15, -0.1) is 23.1 Å². The Morgan fingerprint density at radius 2 is 2.23 bits per heavy atom. The maximum Gasteiger partial charge on any atom is 0.276 e. The molecule has 0 radical (unpaired) electrons. The van der Waals surface area contributed by atoms with Gasteiger partial charge in [0.05, 0.1) is 24.1 Å². The number of anilines is 1. The van der Waals surface area contributed by atoms with E-state index < -0.39 is 36.1 Å². The largest absolute Gasteiger partial charge is 0.543 e. The van der Waals surface area contributed by atoms with Crippen LogP contribution in [-0.4, -0.2) is 74.3 Å². The van der Waals surface area contributed by atoms with Crippen molar-refractivity contribution in [1.82, 2.24) is 19.8 Å². The van der Waals surface area contributed by atoms with Crippen molar-refractivity contribution in [1.29, 1.82) is 0 Å². The van der Waals surface area contributed by atoms with Gasteiger partial charge in [0, 0.05) is 42.1 Å². The van der Waals surface area contributed by atoms with Gasteiger partial charge in [0.2, 0.25) is 10.7 Å². The number of oxime groups is 1. The number of hydrogen-bond donors (Lipinski definition) is 3. The van der Waals surface area contributed by atoms with Crippen molar-refractivity contribution in [3.8, 4) is 5.69 Å². The molecule has 2 atom stereocenters. The summed E-state index contributed by atoms with van der Waals surface area (Å²) in [6.45, 7) is -0.497. The molecule has 17 heteroatoms. The van der Waals surface area contributed by atoms with E-state index in [-0.39, 0.29) is 34.5 Å². The van der Waals surface area contributed by atoms with Crippen LogP contribution in [0, 0.1) is 0 Å². The van der Waals surface area contributed by atoms with Crippen molar-refractivity contribution < 1.29 is 33.3 Å². The number of hydrogen-bond acceptors (Lipinski definition) is 12. The lowest BCUT2D eigenvalue weighted by Gasteiger charge is -2.50. The SMILES string of the molecule is NCCSc1ccc2cn(CC3=C(C(=O)[O-])N4C(=O)[C@@H](NC(=O)/C(=N\OCF)c5csc(N)n5)[C@H]4SC3)cc[n+]1-2. The van der Waals surface area contributed by atoms with E-state index in [0.29, 0.717) is 12.1 Å². The third-order valence-electron chi connectivity index (χ3n) is 6.07. The van der Waals surface area contributed by atoms with Crippen molar-refractivity contribution in [3.05, 3.63) is 53.1 Å². The highest BCUT2D eigenvalue weighted by molar-refractivity contribution is 8.00. The smallest absolute Gasteiger partial charge is 0.276 e. The Bertz CT molecular complexity index is 1490. The lowest BCUT2D eigenvalue weighted by Crippen LogP contribution is -2.71. The van der Waals surface area contributed by atoms with Gasteiger partial charge in [-0.3, -0.25) is 14.5 Å². The number of carboxylic acid groups (broad SMARTS) is 1. The molecule has 0 unspecified atom stereocenters. The van der Waals surface area contributed by atoms with Crippen LogP contribution >= 0.6 is 34.9 Å². The topological polar surface area (TPSA) is 185 Å². The molecule has 1 fully saturated rings. The molecule has 1 saturated heterocycles. The maximum atomic E-state index is 13.1. The van der Waals surface area contributed by atoms with Crippen molar-refractivity contribution in [2.24, 2.45) is 10.9 Å². The molecule has 0 spiro atoms. The summed E-state index contributed by atoms with van der Waals surface area (Å²) in [6, 6.07) is 2.90. The molecule has 13 nitrogen and oxygen atoms in total. The van der Waals surface area contributed by atoms with E-state index in [9.17, 15) is 23.9 Å². The molecule has 1 aromatic rings. The summed E-state index contributed by atoms with van der Waals surface area (Å²) in [7, 11) is 0. The van der Waals surface area contributed by atoms with Crippen molar-refractivity contribution in [2.75, 3.05) is 30.6 Å². The van der Waals surface area contributed by atoms with E-state index in [1.54, 1.807) is 11.8 Å². The fraction of sp³-hybridized carbons (Fsp3) is 0.304. The minimum Gasteiger partial charge on any atom is -0.543 e. The van der Waals surface area contributed by atoms with Gasteiger partial charge in [0.15, 0.2) is 17.0 Å². The van der Waals surface area contributed by atoms with Gasteiger partial charge >= 0.3 is 0 Å². The highest BCUT2D eigenvalue weighted by Gasteiger charge is 2.53. The van der Waals surface area contributed by atoms with Crippen LogP contribution in [0.15, 0.2) is 57.6 Å². The predicted molar refractivity (Wildman–Crippen MR) is 144 cm³/mol. The summed E-state index contributed by atoms with van der Waals surface area (Å²) in [5, 5.41) is 20.1. The van der Waals surface area contributed by atoms with Crippen LogP contribution in [0.1, 0.15) is 5.69 Å². The molecule has 0 bridgehead atoms. The number of halogens is 1. The number of fused-ring (bicyclic) bond motifs is 2. The molecule has 40 heavy (non-hydrogen) atoms. The number of thioether (sulfide) groups is 2. The number of nitrogens with one attached hydrogen (secondary N) is 1. The van der Waals surface area contributed by atoms with Gasteiger partial charge in [0.1, 0.15) is 17.1 Å². The Kier molecular flexibility index (Phi) is 8.24. The van der Waals surface area contributed by atoms with E-state index in [4.69, 9.17) is 11.5 Å². The summed E-state index contributed by atoms with van der Waals surface area (Å²) in [5.41, 5.74) is 12.1. The van der Waals surface area contributed by atoms with Gasteiger partial charge in [-0.2, -0.15) is 4.57 Å². The second kappa shape index (κ2) is 11.8. The van der Waals surface area contributed by atoms with Gasteiger partial charge in [-0.05, 0) is 5.57 Å². The zero-order valence-electron chi connectivity index (χ0n) is 20.7. The van der Waals surface area contributed by atoms with E-state index in [1.807, 2.05) is 39.9 Å². The van der Waals surface area contributed by atoms with Crippen LogP contribution in [0.2, 0.25) is 0 Å². The molecule has 5 N–H and O–H groups in total. The van der Waals surface area contributed by atoms with E-state index in [0.717, 1.165) is 32.7 Å². The monoisotopic (exact) mass is 606 g/mol. The third kappa shape index (κ3) is 5.36. The van der Waals surface area contributed by atoms with Gasteiger partial charge < -0.3 is 36.1 Å². The van der Waals surface area contributed by atoms with Crippen LogP contribution in [0.25, 0.3) is 5.69 Å². The molecule has 4 aliphatic heterocycles. The first-order valence-electron chi connectivity index (χ1n) is 11.8. The Labute approximate surface area is 239 Å². The molecule has 0 aliphatic carbocycles.